The van der Waals surface area contributed by atoms with Crippen LogP contribution in [0, 0.1) is 0 Å². The molecule has 0 aliphatic rings. The van der Waals surface area contributed by atoms with E-state index in [-0.39, 0.29) is 0 Å². The van der Waals surface area contributed by atoms with Crippen LogP contribution in [0.4, 0.5) is 5.82 Å². The molecule has 4 heteroatoms. The first-order chi connectivity index (χ1) is 9.78. The first-order valence-corrected chi connectivity index (χ1v) is 7.07. The minimum atomic E-state index is 0.563. The summed E-state index contributed by atoms with van der Waals surface area (Å²) in [7, 11) is 1.83. The van der Waals surface area contributed by atoms with Crippen molar-refractivity contribution in [2.75, 3.05) is 12.4 Å². The molecule has 3 nitrogen and oxygen atoms in total. The van der Waals surface area contributed by atoms with E-state index in [1.165, 1.54) is 5.39 Å². The number of rotatable bonds is 3. The summed E-state index contributed by atoms with van der Waals surface area (Å²) in [6.45, 7) is 0. The fourth-order valence-corrected chi connectivity index (χ4v) is 2.59. The molecule has 1 aromatic heterocycles. The van der Waals surface area contributed by atoms with E-state index in [1.54, 1.807) is 0 Å². The molecule has 3 aromatic rings. The summed E-state index contributed by atoms with van der Waals surface area (Å²) >= 11 is 3.61. The summed E-state index contributed by atoms with van der Waals surface area (Å²) in [6.07, 6.45) is 0. The fraction of sp³-hybridized carbons (Fsp3) is 0.0625. The van der Waals surface area contributed by atoms with Crippen LogP contribution in [-0.2, 0) is 0 Å². The van der Waals surface area contributed by atoms with Crippen molar-refractivity contribution in [2.45, 2.75) is 0 Å². The van der Waals surface area contributed by atoms with E-state index < -0.39 is 0 Å². The van der Waals surface area contributed by atoms with Crippen LogP contribution in [-0.4, -0.2) is 12.0 Å². The molecule has 3 rings (SSSR count). The molecule has 0 spiro atoms. The van der Waals surface area contributed by atoms with E-state index in [0.29, 0.717) is 5.88 Å². The van der Waals surface area contributed by atoms with Crippen LogP contribution in [0.3, 0.4) is 0 Å². The van der Waals surface area contributed by atoms with E-state index in [9.17, 15) is 0 Å². The third-order valence-corrected chi connectivity index (χ3v) is 3.84. The Morgan fingerprint density at radius 1 is 1.00 bits per heavy atom. The molecule has 1 N–H and O–H groups in total. The predicted octanol–water partition coefficient (Wildman–Crippen LogP) is 4.83. The first-order valence-electron chi connectivity index (χ1n) is 6.28. The molecule has 0 aliphatic heterocycles. The summed E-state index contributed by atoms with van der Waals surface area (Å²) in [5, 5.41) is 5.28. The van der Waals surface area contributed by atoms with Crippen LogP contribution in [0.2, 0.25) is 0 Å². The second kappa shape index (κ2) is 5.51. The number of halogens is 1. The Morgan fingerprint density at radius 2 is 1.85 bits per heavy atom. The SMILES string of the molecule is CNc1cccc(Oc2ccc3ccccc3c2Br)n1. The van der Waals surface area contributed by atoms with Gasteiger partial charge < -0.3 is 10.1 Å². The molecular formula is C16H13BrN2O. The van der Waals surface area contributed by atoms with Gasteiger partial charge in [0.1, 0.15) is 11.6 Å². The molecule has 0 radical (unpaired) electrons. The first kappa shape index (κ1) is 12.9. The van der Waals surface area contributed by atoms with Crippen molar-refractivity contribution in [3.05, 3.63) is 59.1 Å². The number of hydrogen-bond donors (Lipinski definition) is 1. The van der Waals surface area contributed by atoms with Gasteiger partial charge in [-0.25, -0.2) is 0 Å². The third kappa shape index (κ3) is 2.47. The van der Waals surface area contributed by atoms with Gasteiger partial charge in [-0.2, -0.15) is 4.98 Å². The maximum atomic E-state index is 5.86. The van der Waals surface area contributed by atoms with Gasteiger partial charge in [0, 0.05) is 13.1 Å². The zero-order valence-electron chi connectivity index (χ0n) is 10.9. The number of benzene rings is 2. The number of aromatic nitrogens is 1. The molecule has 1 heterocycles. The van der Waals surface area contributed by atoms with Crippen molar-refractivity contribution in [1.82, 2.24) is 4.98 Å². The quantitative estimate of drug-likeness (QED) is 0.747. The van der Waals surface area contributed by atoms with Gasteiger partial charge in [-0.1, -0.05) is 36.4 Å². The second-order valence-electron chi connectivity index (χ2n) is 4.31. The number of ether oxygens (including phenoxy) is 1. The number of nitrogens with one attached hydrogen (secondary N) is 1. The van der Waals surface area contributed by atoms with E-state index in [1.807, 2.05) is 49.5 Å². The summed E-state index contributed by atoms with van der Waals surface area (Å²) in [4.78, 5) is 4.35. The Labute approximate surface area is 125 Å². The third-order valence-electron chi connectivity index (χ3n) is 3.02. The lowest BCUT2D eigenvalue weighted by molar-refractivity contribution is 0.462. The number of nitrogens with zero attached hydrogens (tertiary/aromatic N) is 1. The molecule has 20 heavy (non-hydrogen) atoms. The zero-order valence-corrected chi connectivity index (χ0v) is 12.5. The lowest BCUT2D eigenvalue weighted by atomic mass is 10.1. The maximum absolute atomic E-state index is 5.86. The maximum Gasteiger partial charge on any atom is 0.221 e. The van der Waals surface area contributed by atoms with E-state index in [4.69, 9.17) is 4.74 Å². The zero-order chi connectivity index (χ0) is 13.9. The molecule has 2 aromatic carbocycles. The van der Waals surface area contributed by atoms with Crippen LogP contribution >= 0.6 is 15.9 Å². The second-order valence-corrected chi connectivity index (χ2v) is 5.10. The van der Waals surface area contributed by atoms with Crippen molar-refractivity contribution in [2.24, 2.45) is 0 Å². The van der Waals surface area contributed by atoms with Crippen LogP contribution in [0.15, 0.2) is 59.1 Å². The van der Waals surface area contributed by atoms with E-state index >= 15 is 0 Å². The number of fused-ring (bicyclic) bond motifs is 1. The van der Waals surface area contributed by atoms with E-state index in [0.717, 1.165) is 21.4 Å². The number of hydrogen-bond acceptors (Lipinski definition) is 3. The van der Waals surface area contributed by atoms with Gasteiger partial charge in [-0.15, -0.1) is 0 Å². The van der Waals surface area contributed by atoms with Gasteiger partial charge in [0.25, 0.3) is 0 Å². The average Bonchev–Trinajstić information content (AvgIpc) is 2.50. The highest BCUT2D eigenvalue weighted by Crippen LogP contribution is 2.35. The highest BCUT2D eigenvalue weighted by Gasteiger charge is 2.07. The van der Waals surface area contributed by atoms with Gasteiger partial charge in [-0.05, 0) is 38.8 Å². The topological polar surface area (TPSA) is 34.1 Å². The molecule has 0 fully saturated rings. The van der Waals surface area contributed by atoms with Crippen molar-refractivity contribution < 1.29 is 4.74 Å². The summed E-state index contributed by atoms with van der Waals surface area (Å²) in [5.74, 6) is 2.09. The minimum Gasteiger partial charge on any atom is -0.438 e. The van der Waals surface area contributed by atoms with Gasteiger partial charge in [0.2, 0.25) is 5.88 Å². The Balaban J connectivity index is 2.00. The lowest BCUT2D eigenvalue weighted by Crippen LogP contribution is -1.94. The monoisotopic (exact) mass is 328 g/mol. The van der Waals surface area contributed by atoms with Gasteiger partial charge >= 0.3 is 0 Å². The van der Waals surface area contributed by atoms with Gasteiger partial charge in [0.05, 0.1) is 4.47 Å². The van der Waals surface area contributed by atoms with Gasteiger partial charge in [-0.3, -0.25) is 0 Å². The Hall–Kier alpha value is -2.07. The molecule has 0 atom stereocenters. The Bertz CT molecular complexity index is 758. The molecule has 0 bridgehead atoms. The molecule has 0 aliphatic carbocycles. The van der Waals surface area contributed by atoms with E-state index in [2.05, 4.69) is 38.4 Å². The normalized spacial score (nSPS) is 10.5. The molecular weight excluding hydrogens is 316 g/mol. The largest absolute Gasteiger partial charge is 0.438 e. The minimum absolute atomic E-state index is 0.563. The molecule has 0 saturated heterocycles. The summed E-state index contributed by atoms with van der Waals surface area (Å²) < 4.78 is 6.80. The Morgan fingerprint density at radius 3 is 2.70 bits per heavy atom. The summed E-state index contributed by atoms with van der Waals surface area (Å²) in [6, 6.07) is 17.8. The fourth-order valence-electron chi connectivity index (χ4n) is 2.02. The average molecular weight is 329 g/mol. The standard InChI is InChI=1S/C16H13BrN2O/c1-18-14-7-4-8-15(19-14)20-13-10-9-11-5-2-3-6-12(11)16(13)17/h2-10H,1H3,(H,18,19). The van der Waals surface area contributed by atoms with Crippen LogP contribution < -0.4 is 10.1 Å². The highest BCUT2D eigenvalue weighted by atomic mass is 79.9. The van der Waals surface area contributed by atoms with Crippen LogP contribution in [0.5, 0.6) is 11.6 Å². The highest BCUT2D eigenvalue weighted by molar-refractivity contribution is 9.10. The molecule has 0 saturated carbocycles. The molecule has 100 valence electrons. The van der Waals surface area contributed by atoms with Gasteiger partial charge in [0.15, 0.2) is 0 Å². The number of pyridine rings is 1. The number of anilines is 1. The molecule has 0 unspecified atom stereocenters. The van der Waals surface area contributed by atoms with Crippen molar-refractivity contribution in [3.63, 3.8) is 0 Å². The smallest absolute Gasteiger partial charge is 0.221 e. The van der Waals surface area contributed by atoms with Crippen LogP contribution in [0.25, 0.3) is 10.8 Å². The molecule has 0 amide bonds. The Kier molecular flexibility index (Phi) is 3.56. The lowest BCUT2D eigenvalue weighted by Gasteiger charge is -2.10. The summed E-state index contributed by atoms with van der Waals surface area (Å²) in [5.41, 5.74) is 0. The van der Waals surface area contributed by atoms with Crippen molar-refractivity contribution in [3.8, 4) is 11.6 Å². The van der Waals surface area contributed by atoms with Crippen LogP contribution in [0.1, 0.15) is 0 Å². The van der Waals surface area contributed by atoms with Crippen molar-refractivity contribution in [1.29, 1.82) is 0 Å². The predicted molar refractivity (Wildman–Crippen MR) is 85.5 cm³/mol. The van der Waals surface area contributed by atoms with Crippen molar-refractivity contribution >= 4 is 32.5 Å².